The molecule has 24 heavy (non-hydrogen) atoms. The van der Waals surface area contributed by atoms with E-state index in [-0.39, 0.29) is 5.92 Å². The normalized spacial score (nSPS) is 18.8. The standard InChI is InChI=1S/C16H24N4O3S/c1-18(2)24(22,23)17-14-5-7-15(8-6-14)19-9-11-20(12-10-19)16(21)13-3-4-13/h5-8,13,17H,3-4,9-12H2,1-2H3. The first-order chi connectivity index (χ1) is 11.4. The summed E-state index contributed by atoms with van der Waals surface area (Å²) in [5, 5.41) is 0. The highest BCUT2D eigenvalue weighted by molar-refractivity contribution is 7.90. The Labute approximate surface area is 143 Å². The second-order valence-corrected chi connectivity index (χ2v) is 8.41. The van der Waals surface area contributed by atoms with E-state index in [9.17, 15) is 13.2 Å². The molecule has 1 saturated carbocycles. The molecule has 0 bridgehead atoms. The topological polar surface area (TPSA) is 73.0 Å². The lowest BCUT2D eigenvalue weighted by Crippen LogP contribution is -2.49. The minimum absolute atomic E-state index is 0.278. The quantitative estimate of drug-likeness (QED) is 0.857. The second kappa shape index (κ2) is 6.60. The van der Waals surface area contributed by atoms with Gasteiger partial charge >= 0.3 is 10.2 Å². The fraction of sp³-hybridized carbons (Fsp3) is 0.562. The largest absolute Gasteiger partial charge is 0.368 e. The Balaban J connectivity index is 1.57. The molecule has 1 aliphatic carbocycles. The molecule has 132 valence electrons. The van der Waals surface area contributed by atoms with Crippen molar-refractivity contribution in [3.63, 3.8) is 0 Å². The van der Waals surface area contributed by atoms with Crippen LogP contribution in [0.25, 0.3) is 0 Å². The zero-order chi connectivity index (χ0) is 17.3. The van der Waals surface area contributed by atoms with Crippen LogP contribution in [0.4, 0.5) is 11.4 Å². The number of carbonyl (C=O) groups excluding carboxylic acids is 1. The highest BCUT2D eigenvalue weighted by atomic mass is 32.2. The Morgan fingerprint density at radius 2 is 1.67 bits per heavy atom. The van der Waals surface area contributed by atoms with Crippen molar-refractivity contribution in [2.24, 2.45) is 5.92 Å². The summed E-state index contributed by atoms with van der Waals surface area (Å²) in [6.07, 6.45) is 2.09. The van der Waals surface area contributed by atoms with Gasteiger partial charge in [-0.15, -0.1) is 0 Å². The third-order valence-corrected chi connectivity index (χ3v) is 5.93. The number of benzene rings is 1. The molecule has 1 saturated heterocycles. The Morgan fingerprint density at radius 3 is 2.17 bits per heavy atom. The van der Waals surface area contributed by atoms with Gasteiger partial charge in [0.25, 0.3) is 0 Å². The molecule has 1 aromatic rings. The number of anilines is 2. The summed E-state index contributed by atoms with van der Waals surface area (Å²) >= 11 is 0. The smallest absolute Gasteiger partial charge is 0.301 e. The lowest BCUT2D eigenvalue weighted by molar-refractivity contribution is -0.132. The lowest BCUT2D eigenvalue weighted by Gasteiger charge is -2.36. The van der Waals surface area contributed by atoms with Crippen LogP contribution in [0.5, 0.6) is 0 Å². The van der Waals surface area contributed by atoms with Crippen molar-refractivity contribution >= 4 is 27.5 Å². The highest BCUT2D eigenvalue weighted by Gasteiger charge is 2.34. The van der Waals surface area contributed by atoms with Crippen LogP contribution in [0, 0.1) is 5.92 Å². The summed E-state index contributed by atoms with van der Waals surface area (Å²) in [5.74, 6) is 0.587. The Morgan fingerprint density at radius 1 is 1.08 bits per heavy atom. The second-order valence-electron chi connectivity index (χ2n) is 6.52. The van der Waals surface area contributed by atoms with E-state index in [1.807, 2.05) is 17.0 Å². The number of carbonyl (C=O) groups is 1. The van der Waals surface area contributed by atoms with Crippen LogP contribution in [-0.4, -0.2) is 63.8 Å². The molecular weight excluding hydrogens is 328 g/mol. The molecule has 3 rings (SSSR count). The van der Waals surface area contributed by atoms with Crippen molar-refractivity contribution in [2.75, 3.05) is 49.9 Å². The molecule has 0 unspecified atom stereocenters. The average molecular weight is 352 g/mol. The number of nitrogens with zero attached hydrogens (tertiary/aromatic N) is 3. The van der Waals surface area contributed by atoms with E-state index in [1.165, 1.54) is 14.1 Å². The minimum atomic E-state index is -3.48. The van der Waals surface area contributed by atoms with Crippen LogP contribution >= 0.6 is 0 Å². The van der Waals surface area contributed by atoms with Crippen LogP contribution in [0.1, 0.15) is 12.8 Å². The molecule has 1 aliphatic heterocycles. The van der Waals surface area contributed by atoms with Gasteiger partial charge in [-0.2, -0.15) is 12.7 Å². The van der Waals surface area contributed by atoms with E-state index in [2.05, 4.69) is 9.62 Å². The number of hydrogen-bond donors (Lipinski definition) is 1. The van der Waals surface area contributed by atoms with E-state index in [4.69, 9.17) is 0 Å². The first-order valence-corrected chi connectivity index (χ1v) is 9.65. The predicted molar refractivity (Wildman–Crippen MR) is 94.2 cm³/mol. The van der Waals surface area contributed by atoms with E-state index >= 15 is 0 Å². The van der Waals surface area contributed by atoms with Crippen molar-refractivity contribution in [3.8, 4) is 0 Å². The van der Waals surface area contributed by atoms with Gasteiger partial charge in [-0.25, -0.2) is 0 Å². The van der Waals surface area contributed by atoms with Crippen molar-refractivity contribution in [1.29, 1.82) is 0 Å². The summed E-state index contributed by atoms with van der Waals surface area (Å²) in [7, 11) is -0.512. The highest BCUT2D eigenvalue weighted by Crippen LogP contribution is 2.31. The molecule has 1 heterocycles. The maximum atomic E-state index is 12.1. The Bertz CT molecular complexity index is 691. The van der Waals surface area contributed by atoms with Gasteiger partial charge in [0.2, 0.25) is 5.91 Å². The SMILES string of the molecule is CN(C)S(=O)(=O)Nc1ccc(N2CCN(C(=O)C3CC3)CC2)cc1. The summed E-state index contributed by atoms with van der Waals surface area (Å²) < 4.78 is 27.3. The molecule has 0 spiro atoms. The number of piperazine rings is 1. The van der Waals surface area contributed by atoms with E-state index in [0.29, 0.717) is 11.6 Å². The zero-order valence-corrected chi connectivity index (χ0v) is 14.9. The van der Waals surface area contributed by atoms with E-state index < -0.39 is 10.2 Å². The molecule has 2 aliphatic rings. The summed E-state index contributed by atoms with van der Waals surface area (Å²) in [6.45, 7) is 3.12. The van der Waals surface area contributed by atoms with Crippen LogP contribution < -0.4 is 9.62 Å². The molecule has 8 heteroatoms. The van der Waals surface area contributed by atoms with E-state index in [1.54, 1.807) is 12.1 Å². The van der Waals surface area contributed by atoms with Gasteiger partial charge in [0, 0.05) is 57.6 Å². The summed E-state index contributed by atoms with van der Waals surface area (Å²) in [5.41, 5.74) is 1.58. The van der Waals surface area contributed by atoms with Gasteiger partial charge in [0.1, 0.15) is 0 Å². The van der Waals surface area contributed by atoms with Gasteiger partial charge in [-0.05, 0) is 37.1 Å². The molecule has 0 radical (unpaired) electrons. The molecule has 1 aromatic carbocycles. The third-order valence-electron chi connectivity index (χ3n) is 4.48. The molecule has 1 amide bonds. The van der Waals surface area contributed by atoms with Crippen molar-refractivity contribution in [1.82, 2.24) is 9.21 Å². The van der Waals surface area contributed by atoms with Crippen LogP contribution in [0.15, 0.2) is 24.3 Å². The van der Waals surface area contributed by atoms with Gasteiger partial charge in [-0.3, -0.25) is 9.52 Å². The van der Waals surface area contributed by atoms with Gasteiger partial charge < -0.3 is 9.80 Å². The number of hydrogen-bond acceptors (Lipinski definition) is 4. The lowest BCUT2D eigenvalue weighted by atomic mass is 10.2. The fourth-order valence-corrected chi connectivity index (χ4v) is 3.37. The van der Waals surface area contributed by atoms with Crippen molar-refractivity contribution in [2.45, 2.75) is 12.8 Å². The van der Waals surface area contributed by atoms with Gasteiger partial charge in [0.05, 0.1) is 0 Å². The van der Waals surface area contributed by atoms with Gasteiger partial charge in [-0.1, -0.05) is 0 Å². The molecule has 1 N–H and O–H groups in total. The Hall–Kier alpha value is -1.80. The predicted octanol–water partition coefficient (Wildman–Crippen LogP) is 0.963. The fourth-order valence-electron chi connectivity index (χ4n) is 2.75. The van der Waals surface area contributed by atoms with Crippen LogP contribution in [0.3, 0.4) is 0 Å². The maximum Gasteiger partial charge on any atom is 0.301 e. The first kappa shape index (κ1) is 17.0. The molecule has 0 aromatic heterocycles. The number of amides is 1. The third kappa shape index (κ3) is 3.81. The molecule has 2 fully saturated rings. The average Bonchev–Trinajstić information content (AvgIpc) is 3.39. The van der Waals surface area contributed by atoms with Crippen molar-refractivity contribution in [3.05, 3.63) is 24.3 Å². The molecular formula is C16H24N4O3S. The zero-order valence-electron chi connectivity index (χ0n) is 14.1. The van der Waals surface area contributed by atoms with E-state index in [0.717, 1.165) is 49.0 Å². The number of rotatable bonds is 5. The van der Waals surface area contributed by atoms with Crippen LogP contribution in [-0.2, 0) is 15.0 Å². The van der Waals surface area contributed by atoms with Crippen LogP contribution in [0.2, 0.25) is 0 Å². The first-order valence-electron chi connectivity index (χ1n) is 8.21. The Kier molecular flexibility index (Phi) is 4.69. The summed E-state index contributed by atoms with van der Waals surface area (Å²) in [4.78, 5) is 16.3. The van der Waals surface area contributed by atoms with Crippen molar-refractivity contribution < 1.29 is 13.2 Å². The summed E-state index contributed by atoms with van der Waals surface area (Å²) in [6, 6.07) is 7.34. The monoisotopic (exact) mass is 352 g/mol. The number of nitrogens with one attached hydrogen (secondary N) is 1. The molecule has 0 atom stereocenters. The van der Waals surface area contributed by atoms with Gasteiger partial charge in [0.15, 0.2) is 0 Å². The molecule has 7 nitrogen and oxygen atoms in total. The maximum absolute atomic E-state index is 12.1. The minimum Gasteiger partial charge on any atom is -0.368 e.